The number of fused-ring (bicyclic) bond motifs is 1. The van der Waals surface area contributed by atoms with Crippen molar-refractivity contribution < 1.29 is 8.42 Å². The monoisotopic (exact) mass is 445 g/mol. The van der Waals surface area contributed by atoms with Crippen molar-refractivity contribution in [2.45, 2.75) is 37.6 Å². The zero-order valence-corrected chi connectivity index (χ0v) is 19.1. The van der Waals surface area contributed by atoms with Crippen LogP contribution in [0.1, 0.15) is 29.5 Å². The summed E-state index contributed by atoms with van der Waals surface area (Å²) in [5, 5.41) is 0.529. The molecule has 2 aromatic rings. The Morgan fingerprint density at radius 2 is 1.90 bits per heavy atom. The lowest BCUT2D eigenvalue weighted by Gasteiger charge is -2.40. The molecule has 0 amide bonds. The second-order valence-corrected chi connectivity index (χ2v) is 10.3. The molecular formula is C23H28ClN3O2S. The molecule has 4 rings (SSSR count). The zero-order chi connectivity index (χ0) is 21.5. The summed E-state index contributed by atoms with van der Waals surface area (Å²) in [4.78, 5) is 5.00. The minimum Gasteiger partial charge on any atom is -0.369 e. The predicted octanol–water partition coefficient (Wildman–Crippen LogP) is 4.51. The number of para-hydroxylation sites is 1. The molecule has 0 bridgehead atoms. The molecule has 5 nitrogen and oxygen atoms in total. The highest BCUT2D eigenvalue weighted by Gasteiger charge is 2.32. The summed E-state index contributed by atoms with van der Waals surface area (Å²) in [6, 6.07) is 11.3. The molecule has 2 aliphatic heterocycles. The molecule has 0 aliphatic carbocycles. The fraction of sp³-hybridized carbons (Fsp3) is 0.391. The van der Waals surface area contributed by atoms with E-state index in [0.29, 0.717) is 27.9 Å². The topological polar surface area (TPSA) is 52.7 Å². The second kappa shape index (κ2) is 8.25. The Kier molecular flexibility index (Phi) is 5.84. The fourth-order valence-corrected chi connectivity index (χ4v) is 6.17. The second-order valence-electron chi connectivity index (χ2n) is 8.24. The third kappa shape index (κ3) is 4.09. The van der Waals surface area contributed by atoms with Crippen LogP contribution in [-0.4, -0.2) is 50.4 Å². The van der Waals surface area contributed by atoms with Gasteiger partial charge in [-0.25, -0.2) is 8.42 Å². The average molecular weight is 446 g/mol. The maximum atomic E-state index is 13.2. The summed E-state index contributed by atoms with van der Waals surface area (Å²) in [5.74, 6) is 0. The lowest BCUT2D eigenvalue weighted by Crippen LogP contribution is -2.49. The van der Waals surface area contributed by atoms with Gasteiger partial charge in [-0.15, -0.1) is 0 Å². The van der Waals surface area contributed by atoms with Crippen molar-refractivity contribution in [3.8, 4) is 0 Å². The number of hydrogen-bond donors (Lipinski definition) is 1. The van der Waals surface area contributed by atoms with Crippen molar-refractivity contribution in [3.05, 3.63) is 64.7 Å². The number of nitrogens with zero attached hydrogens (tertiary/aromatic N) is 2. The largest absolute Gasteiger partial charge is 0.369 e. The lowest BCUT2D eigenvalue weighted by atomic mass is 10.1. The van der Waals surface area contributed by atoms with E-state index >= 15 is 0 Å². The van der Waals surface area contributed by atoms with Crippen LogP contribution in [0.25, 0.3) is 5.70 Å². The molecule has 0 saturated carbocycles. The van der Waals surface area contributed by atoms with E-state index < -0.39 is 10.0 Å². The summed E-state index contributed by atoms with van der Waals surface area (Å²) in [7, 11) is -3.76. The molecule has 0 unspecified atom stereocenters. The van der Waals surface area contributed by atoms with E-state index in [9.17, 15) is 8.42 Å². The van der Waals surface area contributed by atoms with Gasteiger partial charge in [0.1, 0.15) is 0 Å². The maximum absolute atomic E-state index is 13.2. The highest BCUT2D eigenvalue weighted by molar-refractivity contribution is 7.92. The Hall–Kier alpha value is -2.02. The molecule has 2 saturated heterocycles. The Morgan fingerprint density at radius 1 is 1.13 bits per heavy atom. The quantitative estimate of drug-likeness (QED) is 0.735. The number of sulfonamides is 1. The Balaban J connectivity index is 1.63. The first-order valence-electron chi connectivity index (χ1n) is 10.3. The van der Waals surface area contributed by atoms with E-state index in [1.807, 2.05) is 25.1 Å². The van der Waals surface area contributed by atoms with Gasteiger partial charge in [0, 0.05) is 36.9 Å². The van der Waals surface area contributed by atoms with Gasteiger partial charge in [0.05, 0.1) is 15.6 Å². The van der Waals surface area contributed by atoms with Crippen LogP contribution < -0.4 is 4.72 Å². The molecule has 1 N–H and O–H groups in total. The van der Waals surface area contributed by atoms with Crippen molar-refractivity contribution in [2.24, 2.45) is 0 Å². The van der Waals surface area contributed by atoms with Crippen molar-refractivity contribution in [2.75, 3.05) is 30.9 Å². The van der Waals surface area contributed by atoms with Crippen LogP contribution in [0.4, 0.5) is 5.69 Å². The van der Waals surface area contributed by atoms with Crippen molar-refractivity contribution in [1.82, 2.24) is 9.80 Å². The van der Waals surface area contributed by atoms with Crippen LogP contribution in [0.5, 0.6) is 0 Å². The number of benzene rings is 2. The van der Waals surface area contributed by atoms with Crippen LogP contribution in [0.15, 0.2) is 47.9 Å². The van der Waals surface area contributed by atoms with Crippen LogP contribution in [-0.2, 0) is 10.0 Å². The summed E-state index contributed by atoms with van der Waals surface area (Å²) in [6.07, 6.45) is 2.44. The third-order valence-electron chi connectivity index (χ3n) is 6.22. The SMILES string of the molecule is C=C(c1cc(S(=O)(=O)Nc2ccccc2C)c(C)cc1Cl)N1CCN2CCC[C@@H]2C1. The Labute approximate surface area is 184 Å². The van der Waals surface area contributed by atoms with Gasteiger partial charge in [-0.05, 0) is 62.6 Å². The Morgan fingerprint density at radius 3 is 2.67 bits per heavy atom. The molecule has 2 aliphatic rings. The average Bonchev–Trinajstić information content (AvgIpc) is 3.17. The van der Waals surface area contributed by atoms with Gasteiger partial charge < -0.3 is 4.90 Å². The molecule has 0 spiro atoms. The number of aryl methyl sites for hydroxylation is 2. The van der Waals surface area contributed by atoms with E-state index in [1.165, 1.54) is 19.4 Å². The zero-order valence-electron chi connectivity index (χ0n) is 17.5. The van der Waals surface area contributed by atoms with E-state index in [4.69, 9.17) is 11.6 Å². The maximum Gasteiger partial charge on any atom is 0.262 e. The number of halogens is 1. The standard InChI is InChI=1S/C23H28ClN3O2S/c1-16-7-4-5-9-22(16)25-30(28,29)23-14-20(21(24)13-17(23)2)18(3)27-12-11-26-10-6-8-19(26)15-27/h4-5,7,9,13-14,19,25H,3,6,8,10-12,15H2,1-2H3/t19-/m1/s1. The normalized spacial score (nSPS) is 19.6. The molecule has 0 aromatic heterocycles. The van der Waals surface area contributed by atoms with Gasteiger partial charge in [-0.3, -0.25) is 9.62 Å². The minimum atomic E-state index is -3.76. The Bertz CT molecular complexity index is 1080. The van der Waals surface area contributed by atoms with Crippen molar-refractivity contribution >= 4 is 33.0 Å². The molecule has 160 valence electrons. The van der Waals surface area contributed by atoms with Crippen molar-refractivity contribution in [1.29, 1.82) is 0 Å². The molecule has 2 fully saturated rings. The summed E-state index contributed by atoms with van der Waals surface area (Å²) >= 11 is 6.55. The first kappa shape index (κ1) is 21.2. The molecule has 30 heavy (non-hydrogen) atoms. The predicted molar refractivity (Wildman–Crippen MR) is 123 cm³/mol. The molecular weight excluding hydrogens is 418 g/mol. The fourth-order valence-electron chi connectivity index (χ4n) is 4.46. The summed E-state index contributed by atoms with van der Waals surface area (Å²) in [5.41, 5.74) is 3.52. The lowest BCUT2D eigenvalue weighted by molar-refractivity contribution is 0.145. The van der Waals surface area contributed by atoms with Crippen molar-refractivity contribution in [3.63, 3.8) is 0 Å². The van der Waals surface area contributed by atoms with Gasteiger partial charge in [-0.1, -0.05) is 36.4 Å². The molecule has 2 aromatic carbocycles. The van der Waals surface area contributed by atoms with E-state index in [-0.39, 0.29) is 4.90 Å². The number of nitrogens with one attached hydrogen (secondary N) is 1. The highest BCUT2D eigenvalue weighted by atomic mass is 35.5. The van der Waals surface area contributed by atoms with Crippen LogP contribution in [0.2, 0.25) is 5.02 Å². The van der Waals surface area contributed by atoms with Gasteiger partial charge >= 0.3 is 0 Å². The summed E-state index contributed by atoms with van der Waals surface area (Å²) in [6.45, 7) is 11.9. The minimum absolute atomic E-state index is 0.228. The van der Waals surface area contributed by atoms with Crippen LogP contribution in [0.3, 0.4) is 0 Å². The van der Waals surface area contributed by atoms with Gasteiger partial charge in [0.15, 0.2) is 0 Å². The first-order valence-corrected chi connectivity index (χ1v) is 12.2. The van der Waals surface area contributed by atoms with E-state index in [0.717, 1.165) is 30.9 Å². The van der Waals surface area contributed by atoms with Crippen LogP contribution in [0, 0.1) is 13.8 Å². The number of hydrogen-bond acceptors (Lipinski definition) is 4. The third-order valence-corrected chi connectivity index (χ3v) is 8.04. The van der Waals surface area contributed by atoms with Gasteiger partial charge in [0.2, 0.25) is 0 Å². The van der Waals surface area contributed by atoms with Crippen LogP contribution >= 0.6 is 11.6 Å². The summed E-state index contributed by atoms with van der Waals surface area (Å²) < 4.78 is 29.1. The number of rotatable bonds is 5. The molecule has 1 atom stereocenters. The number of anilines is 1. The highest BCUT2D eigenvalue weighted by Crippen LogP contribution is 2.33. The molecule has 7 heteroatoms. The molecule has 2 heterocycles. The van der Waals surface area contributed by atoms with Gasteiger partial charge in [0.25, 0.3) is 10.0 Å². The van der Waals surface area contributed by atoms with E-state index in [1.54, 1.807) is 25.1 Å². The first-order chi connectivity index (χ1) is 14.3. The van der Waals surface area contributed by atoms with E-state index in [2.05, 4.69) is 21.1 Å². The number of piperazine rings is 1. The molecule has 0 radical (unpaired) electrons. The smallest absolute Gasteiger partial charge is 0.262 e. The van der Waals surface area contributed by atoms with Gasteiger partial charge in [-0.2, -0.15) is 0 Å².